The molecule has 16 heavy (non-hydrogen) atoms. The molecule has 86 valence electrons. The predicted octanol–water partition coefficient (Wildman–Crippen LogP) is 2.39. The summed E-state index contributed by atoms with van der Waals surface area (Å²) < 4.78 is 0. The van der Waals surface area contributed by atoms with Crippen LogP contribution in [-0.2, 0) is 5.60 Å². The van der Waals surface area contributed by atoms with Crippen molar-refractivity contribution in [1.82, 2.24) is 0 Å². The first-order chi connectivity index (χ1) is 7.65. The smallest absolute Gasteiger partial charge is 0.119 e. The van der Waals surface area contributed by atoms with Crippen LogP contribution in [-0.4, -0.2) is 16.3 Å². The van der Waals surface area contributed by atoms with Gasteiger partial charge in [0.2, 0.25) is 0 Å². The fourth-order valence-electron chi connectivity index (χ4n) is 1.75. The van der Waals surface area contributed by atoms with E-state index in [0.29, 0.717) is 18.4 Å². The van der Waals surface area contributed by atoms with Crippen molar-refractivity contribution in [2.75, 3.05) is 0 Å². The van der Waals surface area contributed by atoms with E-state index in [1.54, 1.807) is 24.3 Å². The quantitative estimate of drug-likeness (QED) is 0.720. The minimum Gasteiger partial charge on any atom is -0.389 e. The van der Waals surface area contributed by atoms with Crippen molar-refractivity contribution in [2.24, 2.45) is 0 Å². The van der Waals surface area contributed by atoms with Crippen molar-refractivity contribution < 1.29 is 10.2 Å². The third-order valence-electron chi connectivity index (χ3n) is 2.67. The molecule has 0 saturated heterocycles. The SMILES string of the molecule is C=CC[C@H](O)[C@@](O)(CC=C)c1ccccc1. The van der Waals surface area contributed by atoms with Crippen LogP contribution in [0.25, 0.3) is 0 Å². The fraction of sp³-hybridized carbons (Fsp3) is 0.286. The van der Waals surface area contributed by atoms with Gasteiger partial charge < -0.3 is 10.2 Å². The minimum atomic E-state index is -1.28. The largest absolute Gasteiger partial charge is 0.389 e. The summed E-state index contributed by atoms with van der Waals surface area (Å²) in [4.78, 5) is 0. The Morgan fingerprint density at radius 2 is 1.81 bits per heavy atom. The Bertz CT molecular complexity index is 345. The van der Waals surface area contributed by atoms with E-state index in [1.807, 2.05) is 18.2 Å². The van der Waals surface area contributed by atoms with Crippen molar-refractivity contribution in [2.45, 2.75) is 24.5 Å². The molecule has 0 spiro atoms. The molecule has 2 N–H and O–H groups in total. The highest BCUT2D eigenvalue weighted by Crippen LogP contribution is 2.30. The molecule has 2 nitrogen and oxygen atoms in total. The molecule has 1 aromatic carbocycles. The standard InChI is InChI=1S/C14H18O2/c1-3-8-13(15)14(16,11-4-2)12-9-6-5-7-10-12/h3-7,9-10,13,15-16H,1-2,8,11H2/t13-,14+/m0/s1. The van der Waals surface area contributed by atoms with Crippen LogP contribution in [0.1, 0.15) is 18.4 Å². The summed E-state index contributed by atoms with van der Waals surface area (Å²) in [6.45, 7) is 7.19. The van der Waals surface area contributed by atoms with Crippen molar-refractivity contribution in [1.29, 1.82) is 0 Å². The van der Waals surface area contributed by atoms with Gasteiger partial charge in [-0.05, 0) is 12.0 Å². The maximum atomic E-state index is 10.5. The van der Waals surface area contributed by atoms with E-state index >= 15 is 0 Å². The molecular formula is C14H18O2. The first-order valence-electron chi connectivity index (χ1n) is 5.33. The van der Waals surface area contributed by atoms with Gasteiger partial charge in [0.05, 0.1) is 6.10 Å². The number of rotatable bonds is 6. The summed E-state index contributed by atoms with van der Waals surface area (Å²) >= 11 is 0. The molecule has 2 heteroatoms. The maximum Gasteiger partial charge on any atom is 0.119 e. The monoisotopic (exact) mass is 218 g/mol. The van der Waals surface area contributed by atoms with Crippen LogP contribution in [0.4, 0.5) is 0 Å². The third kappa shape index (κ3) is 2.60. The van der Waals surface area contributed by atoms with Gasteiger partial charge in [-0.2, -0.15) is 0 Å². The number of aliphatic hydroxyl groups excluding tert-OH is 1. The summed E-state index contributed by atoms with van der Waals surface area (Å²) in [5, 5.41) is 20.5. The Morgan fingerprint density at radius 3 is 2.31 bits per heavy atom. The molecule has 0 aliphatic rings. The van der Waals surface area contributed by atoms with Gasteiger partial charge in [-0.25, -0.2) is 0 Å². The average Bonchev–Trinajstić information content (AvgIpc) is 2.30. The molecule has 0 unspecified atom stereocenters. The summed E-state index contributed by atoms with van der Waals surface area (Å²) in [7, 11) is 0. The second kappa shape index (κ2) is 5.64. The molecule has 0 heterocycles. The Morgan fingerprint density at radius 1 is 1.19 bits per heavy atom. The van der Waals surface area contributed by atoms with Crippen LogP contribution in [0.15, 0.2) is 55.6 Å². The Labute approximate surface area is 96.6 Å². The highest BCUT2D eigenvalue weighted by molar-refractivity contribution is 5.25. The number of aliphatic hydroxyl groups is 2. The van der Waals surface area contributed by atoms with E-state index in [-0.39, 0.29) is 0 Å². The highest BCUT2D eigenvalue weighted by Gasteiger charge is 2.35. The first kappa shape index (κ1) is 12.7. The zero-order valence-corrected chi connectivity index (χ0v) is 9.34. The van der Waals surface area contributed by atoms with E-state index in [1.165, 1.54) is 0 Å². The maximum absolute atomic E-state index is 10.5. The topological polar surface area (TPSA) is 40.5 Å². The lowest BCUT2D eigenvalue weighted by molar-refractivity contribution is -0.0766. The second-order valence-electron chi connectivity index (χ2n) is 3.82. The summed E-state index contributed by atoms with van der Waals surface area (Å²) in [5.41, 5.74) is -0.582. The van der Waals surface area contributed by atoms with E-state index < -0.39 is 11.7 Å². The summed E-state index contributed by atoms with van der Waals surface area (Å²) in [6, 6.07) is 9.15. The fourth-order valence-corrected chi connectivity index (χ4v) is 1.75. The lowest BCUT2D eigenvalue weighted by Crippen LogP contribution is -2.38. The van der Waals surface area contributed by atoms with Crippen LogP contribution >= 0.6 is 0 Å². The third-order valence-corrected chi connectivity index (χ3v) is 2.67. The Hall–Kier alpha value is -1.38. The Balaban J connectivity index is 3.05. The molecule has 0 saturated carbocycles. The molecule has 0 amide bonds. The van der Waals surface area contributed by atoms with E-state index in [9.17, 15) is 10.2 Å². The zero-order chi connectivity index (χ0) is 12.0. The molecule has 1 aromatic rings. The van der Waals surface area contributed by atoms with Gasteiger partial charge in [0, 0.05) is 6.42 Å². The number of hydrogen-bond acceptors (Lipinski definition) is 2. The highest BCUT2D eigenvalue weighted by atomic mass is 16.3. The molecule has 0 fully saturated rings. The molecule has 2 atom stereocenters. The summed E-state index contributed by atoms with van der Waals surface area (Å²) in [5.74, 6) is 0. The van der Waals surface area contributed by atoms with Gasteiger partial charge >= 0.3 is 0 Å². The molecule has 0 aliphatic carbocycles. The van der Waals surface area contributed by atoms with Crippen molar-refractivity contribution in [3.8, 4) is 0 Å². The van der Waals surface area contributed by atoms with Crippen LogP contribution in [0.3, 0.4) is 0 Å². The first-order valence-corrected chi connectivity index (χ1v) is 5.33. The van der Waals surface area contributed by atoms with Crippen LogP contribution in [0.2, 0.25) is 0 Å². The van der Waals surface area contributed by atoms with Gasteiger partial charge in [-0.3, -0.25) is 0 Å². The average molecular weight is 218 g/mol. The van der Waals surface area contributed by atoms with Crippen LogP contribution in [0, 0.1) is 0 Å². The zero-order valence-electron chi connectivity index (χ0n) is 9.34. The van der Waals surface area contributed by atoms with Crippen LogP contribution in [0.5, 0.6) is 0 Å². The lowest BCUT2D eigenvalue weighted by atomic mass is 9.84. The van der Waals surface area contributed by atoms with E-state index in [0.717, 1.165) is 0 Å². The lowest BCUT2D eigenvalue weighted by Gasteiger charge is -2.32. The molecule has 0 aromatic heterocycles. The second-order valence-corrected chi connectivity index (χ2v) is 3.82. The summed E-state index contributed by atoms with van der Waals surface area (Å²) in [6.07, 6.45) is 3.00. The predicted molar refractivity (Wildman–Crippen MR) is 66.0 cm³/mol. The number of hydrogen-bond donors (Lipinski definition) is 2. The van der Waals surface area contributed by atoms with Crippen molar-refractivity contribution in [3.05, 3.63) is 61.2 Å². The van der Waals surface area contributed by atoms with Crippen LogP contribution < -0.4 is 0 Å². The molecular weight excluding hydrogens is 200 g/mol. The normalized spacial score (nSPS) is 16.1. The van der Waals surface area contributed by atoms with E-state index in [2.05, 4.69) is 13.2 Å². The van der Waals surface area contributed by atoms with Gasteiger partial charge in [0.25, 0.3) is 0 Å². The molecule has 0 bridgehead atoms. The molecule has 0 radical (unpaired) electrons. The van der Waals surface area contributed by atoms with Crippen molar-refractivity contribution >= 4 is 0 Å². The molecule has 0 aliphatic heterocycles. The van der Waals surface area contributed by atoms with Gasteiger partial charge in [0.1, 0.15) is 5.60 Å². The number of benzene rings is 1. The van der Waals surface area contributed by atoms with Gasteiger partial charge in [0.15, 0.2) is 0 Å². The van der Waals surface area contributed by atoms with Gasteiger partial charge in [-0.15, -0.1) is 13.2 Å². The van der Waals surface area contributed by atoms with Crippen molar-refractivity contribution in [3.63, 3.8) is 0 Å². The van der Waals surface area contributed by atoms with Gasteiger partial charge in [-0.1, -0.05) is 42.5 Å². The molecule has 1 rings (SSSR count). The minimum absolute atomic E-state index is 0.312. The van der Waals surface area contributed by atoms with E-state index in [4.69, 9.17) is 0 Å². The Kier molecular flexibility index (Phi) is 4.47.